The SMILES string of the molecule is CCNc1ncnc(N2CC(C)C(N(C)C)C2)c1C(C)C. The van der Waals surface area contributed by atoms with Gasteiger partial charge in [0.15, 0.2) is 0 Å². The summed E-state index contributed by atoms with van der Waals surface area (Å²) in [5.74, 6) is 3.15. The Morgan fingerprint density at radius 3 is 2.57 bits per heavy atom. The number of hydrogen-bond acceptors (Lipinski definition) is 5. The molecular formula is C16H29N5. The third kappa shape index (κ3) is 3.28. The quantitative estimate of drug-likeness (QED) is 0.902. The van der Waals surface area contributed by atoms with Crippen LogP contribution < -0.4 is 10.2 Å². The third-order valence-electron chi connectivity index (χ3n) is 4.32. The van der Waals surface area contributed by atoms with Crippen LogP contribution in [0, 0.1) is 5.92 Å². The number of nitrogens with zero attached hydrogens (tertiary/aromatic N) is 4. The van der Waals surface area contributed by atoms with Crippen LogP contribution in [-0.4, -0.2) is 54.6 Å². The first-order valence-corrected chi connectivity index (χ1v) is 7.95. The molecule has 0 amide bonds. The van der Waals surface area contributed by atoms with Crippen LogP contribution >= 0.6 is 0 Å². The summed E-state index contributed by atoms with van der Waals surface area (Å²) in [6.45, 7) is 11.8. The Kier molecular flexibility index (Phi) is 5.04. The molecule has 0 aromatic carbocycles. The summed E-state index contributed by atoms with van der Waals surface area (Å²) >= 11 is 0. The first-order valence-electron chi connectivity index (χ1n) is 7.95. The fourth-order valence-electron chi connectivity index (χ4n) is 3.27. The van der Waals surface area contributed by atoms with E-state index in [2.05, 4.69) is 66.9 Å². The van der Waals surface area contributed by atoms with Gasteiger partial charge in [0.25, 0.3) is 0 Å². The first-order chi connectivity index (χ1) is 9.95. The fourth-order valence-corrected chi connectivity index (χ4v) is 3.27. The molecule has 21 heavy (non-hydrogen) atoms. The number of aromatic nitrogens is 2. The van der Waals surface area contributed by atoms with Gasteiger partial charge in [-0.1, -0.05) is 20.8 Å². The normalized spacial score (nSPS) is 22.4. The second-order valence-corrected chi connectivity index (χ2v) is 6.56. The Hall–Kier alpha value is -1.36. The zero-order valence-electron chi connectivity index (χ0n) is 14.2. The predicted molar refractivity (Wildman–Crippen MR) is 89.1 cm³/mol. The predicted octanol–water partition coefficient (Wildman–Crippen LogP) is 2.42. The van der Waals surface area contributed by atoms with Crippen LogP contribution in [0.5, 0.6) is 0 Å². The van der Waals surface area contributed by atoms with Crippen LogP contribution in [0.25, 0.3) is 0 Å². The first kappa shape index (κ1) is 16.0. The van der Waals surface area contributed by atoms with E-state index in [9.17, 15) is 0 Å². The number of anilines is 2. The summed E-state index contributed by atoms with van der Waals surface area (Å²) in [5.41, 5.74) is 1.24. The minimum absolute atomic E-state index is 0.406. The lowest BCUT2D eigenvalue weighted by Crippen LogP contribution is -2.34. The van der Waals surface area contributed by atoms with Crippen molar-refractivity contribution in [3.8, 4) is 0 Å². The summed E-state index contributed by atoms with van der Waals surface area (Å²) in [7, 11) is 4.33. The van der Waals surface area contributed by atoms with Gasteiger partial charge in [0.05, 0.1) is 0 Å². The highest BCUT2D eigenvalue weighted by atomic mass is 15.3. The molecule has 1 aromatic heterocycles. The van der Waals surface area contributed by atoms with E-state index in [1.54, 1.807) is 6.33 Å². The summed E-state index contributed by atoms with van der Waals surface area (Å²) in [4.78, 5) is 13.8. The van der Waals surface area contributed by atoms with Gasteiger partial charge in [-0.25, -0.2) is 9.97 Å². The molecule has 0 bridgehead atoms. The average Bonchev–Trinajstić information content (AvgIpc) is 2.80. The van der Waals surface area contributed by atoms with Crippen molar-refractivity contribution in [1.29, 1.82) is 0 Å². The molecule has 1 aliphatic heterocycles. The molecule has 5 nitrogen and oxygen atoms in total. The van der Waals surface area contributed by atoms with Crippen LogP contribution in [0.4, 0.5) is 11.6 Å². The topological polar surface area (TPSA) is 44.3 Å². The molecule has 118 valence electrons. The van der Waals surface area contributed by atoms with Gasteiger partial charge in [-0.2, -0.15) is 0 Å². The zero-order valence-corrected chi connectivity index (χ0v) is 14.2. The number of rotatable bonds is 5. The molecule has 0 spiro atoms. The van der Waals surface area contributed by atoms with Gasteiger partial charge in [0.1, 0.15) is 18.0 Å². The second-order valence-electron chi connectivity index (χ2n) is 6.56. The van der Waals surface area contributed by atoms with Gasteiger partial charge >= 0.3 is 0 Å². The van der Waals surface area contributed by atoms with Gasteiger partial charge in [-0.15, -0.1) is 0 Å². The van der Waals surface area contributed by atoms with Crippen LogP contribution in [0.1, 0.15) is 39.2 Å². The monoisotopic (exact) mass is 291 g/mol. The average molecular weight is 291 g/mol. The highest BCUT2D eigenvalue weighted by Crippen LogP contribution is 2.34. The maximum Gasteiger partial charge on any atom is 0.137 e. The van der Waals surface area contributed by atoms with E-state index < -0.39 is 0 Å². The standard InChI is InChI=1S/C16H29N5/c1-7-17-15-14(11(2)3)16(19-10-18-15)21-8-12(4)13(9-21)20(5)6/h10-13H,7-9H2,1-6H3,(H,17,18,19). The Labute approximate surface area is 128 Å². The minimum Gasteiger partial charge on any atom is -0.370 e. The molecule has 5 heteroatoms. The van der Waals surface area contributed by atoms with Gasteiger partial charge in [-0.3, -0.25) is 0 Å². The summed E-state index contributed by atoms with van der Waals surface area (Å²) in [6, 6.07) is 0.586. The highest BCUT2D eigenvalue weighted by molar-refractivity contribution is 5.61. The number of hydrogen-bond donors (Lipinski definition) is 1. The molecule has 2 atom stereocenters. The lowest BCUT2D eigenvalue weighted by Gasteiger charge is -2.25. The number of likely N-dealkylation sites (N-methyl/N-ethyl adjacent to an activating group) is 1. The van der Waals surface area contributed by atoms with E-state index in [-0.39, 0.29) is 0 Å². The molecule has 2 unspecified atom stereocenters. The van der Waals surface area contributed by atoms with E-state index in [4.69, 9.17) is 0 Å². The molecular weight excluding hydrogens is 262 g/mol. The molecule has 1 aromatic rings. The molecule has 0 aliphatic carbocycles. The van der Waals surface area contributed by atoms with E-state index >= 15 is 0 Å². The summed E-state index contributed by atoms with van der Waals surface area (Å²) < 4.78 is 0. The lowest BCUT2D eigenvalue weighted by molar-refractivity contribution is 0.266. The van der Waals surface area contributed by atoms with E-state index in [1.165, 1.54) is 5.56 Å². The molecule has 2 rings (SSSR count). The maximum atomic E-state index is 4.61. The van der Waals surface area contributed by atoms with Crippen LogP contribution in [0.2, 0.25) is 0 Å². The van der Waals surface area contributed by atoms with Gasteiger partial charge in [0, 0.05) is 31.2 Å². The Morgan fingerprint density at radius 2 is 2.05 bits per heavy atom. The highest BCUT2D eigenvalue weighted by Gasteiger charge is 2.33. The zero-order chi connectivity index (χ0) is 15.6. The maximum absolute atomic E-state index is 4.61. The van der Waals surface area contributed by atoms with E-state index in [0.717, 1.165) is 31.3 Å². The van der Waals surface area contributed by atoms with Crippen molar-refractivity contribution in [2.75, 3.05) is 43.9 Å². The van der Waals surface area contributed by atoms with E-state index in [0.29, 0.717) is 17.9 Å². The molecule has 1 fully saturated rings. The Bertz CT molecular complexity index is 472. The van der Waals surface area contributed by atoms with Crippen molar-refractivity contribution in [3.63, 3.8) is 0 Å². The molecule has 1 aliphatic rings. The molecule has 0 saturated carbocycles. The van der Waals surface area contributed by atoms with Gasteiger partial charge < -0.3 is 15.1 Å². The molecule has 2 heterocycles. The van der Waals surface area contributed by atoms with Crippen LogP contribution in [-0.2, 0) is 0 Å². The van der Waals surface area contributed by atoms with Crippen LogP contribution in [0.3, 0.4) is 0 Å². The number of nitrogens with one attached hydrogen (secondary N) is 1. The third-order valence-corrected chi connectivity index (χ3v) is 4.32. The minimum atomic E-state index is 0.406. The van der Waals surface area contributed by atoms with E-state index in [1.807, 2.05) is 0 Å². The lowest BCUT2D eigenvalue weighted by atomic mass is 10.0. The fraction of sp³-hybridized carbons (Fsp3) is 0.750. The molecule has 1 saturated heterocycles. The summed E-state index contributed by atoms with van der Waals surface area (Å²) in [5, 5.41) is 3.38. The molecule has 0 radical (unpaired) electrons. The van der Waals surface area contributed by atoms with Crippen molar-refractivity contribution in [1.82, 2.24) is 14.9 Å². The van der Waals surface area contributed by atoms with Crippen molar-refractivity contribution in [3.05, 3.63) is 11.9 Å². The Balaban J connectivity index is 2.34. The molecule has 1 N–H and O–H groups in total. The smallest absolute Gasteiger partial charge is 0.137 e. The van der Waals surface area contributed by atoms with Crippen molar-refractivity contribution in [2.45, 2.75) is 39.7 Å². The van der Waals surface area contributed by atoms with Gasteiger partial charge in [-0.05, 0) is 32.9 Å². The van der Waals surface area contributed by atoms with Crippen molar-refractivity contribution in [2.24, 2.45) is 5.92 Å². The van der Waals surface area contributed by atoms with Crippen molar-refractivity contribution >= 4 is 11.6 Å². The largest absolute Gasteiger partial charge is 0.370 e. The summed E-state index contributed by atoms with van der Waals surface area (Å²) in [6.07, 6.45) is 1.69. The Morgan fingerprint density at radius 1 is 1.33 bits per heavy atom. The second kappa shape index (κ2) is 6.60. The van der Waals surface area contributed by atoms with Gasteiger partial charge in [0.2, 0.25) is 0 Å². The van der Waals surface area contributed by atoms with Crippen molar-refractivity contribution < 1.29 is 0 Å². The van der Waals surface area contributed by atoms with Crippen LogP contribution in [0.15, 0.2) is 6.33 Å².